The second-order valence-electron chi connectivity index (χ2n) is 6.45. The van der Waals surface area contributed by atoms with Crippen molar-refractivity contribution in [2.75, 3.05) is 18.1 Å². The topological polar surface area (TPSA) is 49.4 Å². The number of hydrogen-bond donors (Lipinski definition) is 1. The summed E-state index contributed by atoms with van der Waals surface area (Å²) in [7, 11) is 0. The molecule has 5 heteroatoms. The zero-order chi connectivity index (χ0) is 15.6. The molecule has 0 aromatic rings. The molecular weight excluding hydrogens is 284 g/mol. The zero-order valence-electron chi connectivity index (χ0n) is 13.6. The van der Waals surface area contributed by atoms with E-state index < -0.39 is 5.54 Å². The van der Waals surface area contributed by atoms with Gasteiger partial charge in [0, 0.05) is 12.3 Å². The van der Waals surface area contributed by atoms with Gasteiger partial charge in [-0.05, 0) is 37.4 Å². The Morgan fingerprint density at radius 3 is 2.57 bits per heavy atom. The second kappa shape index (κ2) is 6.59. The Labute approximate surface area is 132 Å². The quantitative estimate of drug-likeness (QED) is 0.734. The molecule has 0 radical (unpaired) electrons. The van der Waals surface area contributed by atoms with Crippen molar-refractivity contribution in [3.63, 3.8) is 0 Å². The highest BCUT2D eigenvalue weighted by molar-refractivity contribution is 7.99. The summed E-state index contributed by atoms with van der Waals surface area (Å²) in [5, 5.41) is 3.01. The van der Waals surface area contributed by atoms with Crippen LogP contribution in [0.3, 0.4) is 0 Å². The predicted molar refractivity (Wildman–Crippen MR) is 87.2 cm³/mol. The summed E-state index contributed by atoms with van der Waals surface area (Å²) in [5.41, 5.74) is -0.630. The Bertz CT molecular complexity index is 411. The number of hydrogen-bond acceptors (Lipinski definition) is 3. The van der Waals surface area contributed by atoms with Gasteiger partial charge in [-0.2, -0.15) is 11.8 Å². The van der Waals surface area contributed by atoms with Gasteiger partial charge < -0.3 is 10.2 Å². The van der Waals surface area contributed by atoms with Crippen molar-refractivity contribution in [1.29, 1.82) is 0 Å². The molecule has 1 aliphatic carbocycles. The minimum absolute atomic E-state index is 0.0522. The van der Waals surface area contributed by atoms with E-state index in [0.29, 0.717) is 12.5 Å². The van der Waals surface area contributed by atoms with Gasteiger partial charge in [0.05, 0.1) is 0 Å². The zero-order valence-corrected chi connectivity index (χ0v) is 14.5. The number of thioether (sulfide) groups is 1. The van der Waals surface area contributed by atoms with Crippen LogP contribution in [-0.2, 0) is 9.59 Å². The summed E-state index contributed by atoms with van der Waals surface area (Å²) >= 11 is 1.83. The molecule has 1 heterocycles. The summed E-state index contributed by atoms with van der Waals surface area (Å²) < 4.78 is 0. The minimum Gasteiger partial charge on any atom is -0.342 e. The molecule has 2 fully saturated rings. The van der Waals surface area contributed by atoms with E-state index in [2.05, 4.69) is 19.2 Å². The summed E-state index contributed by atoms with van der Waals surface area (Å²) in [6, 6.07) is -0.346. The van der Waals surface area contributed by atoms with E-state index in [4.69, 9.17) is 0 Å². The van der Waals surface area contributed by atoms with Crippen molar-refractivity contribution in [1.82, 2.24) is 10.2 Å². The highest BCUT2D eigenvalue weighted by atomic mass is 32.2. The van der Waals surface area contributed by atoms with Gasteiger partial charge in [-0.25, -0.2) is 0 Å². The first-order chi connectivity index (χ1) is 9.96. The molecule has 0 spiro atoms. The Hall–Kier alpha value is -0.710. The standard InChI is InChI=1S/C16H28N2O2S/c1-5-11(3)13-14(19)18(9-10-21-6-2)16(4,12-7-8-12)15(20)17-13/h11-13H,5-10H2,1-4H3,(H,17,20). The Morgan fingerprint density at radius 2 is 2.05 bits per heavy atom. The van der Waals surface area contributed by atoms with E-state index in [-0.39, 0.29) is 23.8 Å². The van der Waals surface area contributed by atoms with E-state index in [1.165, 1.54) is 0 Å². The maximum Gasteiger partial charge on any atom is 0.246 e. The Kier molecular flexibility index (Phi) is 5.23. The minimum atomic E-state index is -0.630. The predicted octanol–water partition coefficient (Wildman–Crippen LogP) is 2.28. The van der Waals surface area contributed by atoms with E-state index in [1.807, 2.05) is 30.5 Å². The van der Waals surface area contributed by atoms with Gasteiger partial charge >= 0.3 is 0 Å². The van der Waals surface area contributed by atoms with Gasteiger partial charge in [0.1, 0.15) is 11.6 Å². The largest absolute Gasteiger partial charge is 0.342 e. The van der Waals surface area contributed by atoms with Crippen LogP contribution < -0.4 is 5.32 Å². The maximum absolute atomic E-state index is 12.9. The lowest BCUT2D eigenvalue weighted by molar-refractivity contribution is -0.159. The van der Waals surface area contributed by atoms with Crippen LogP contribution in [0.4, 0.5) is 0 Å². The molecule has 4 nitrogen and oxygen atoms in total. The molecule has 0 aromatic carbocycles. The average Bonchev–Trinajstić information content (AvgIpc) is 3.30. The van der Waals surface area contributed by atoms with Crippen LogP contribution in [0.5, 0.6) is 0 Å². The monoisotopic (exact) mass is 312 g/mol. The van der Waals surface area contributed by atoms with Crippen molar-refractivity contribution < 1.29 is 9.59 Å². The van der Waals surface area contributed by atoms with Crippen LogP contribution in [0.25, 0.3) is 0 Å². The second-order valence-corrected chi connectivity index (χ2v) is 7.84. The molecule has 0 aromatic heterocycles. The smallest absolute Gasteiger partial charge is 0.246 e. The number of rotatable bonds is 7. The fourth-order valence-electron chi connectivity index (χ4n) is 3.18. The third-order valence-corrected chi connectivity index (χ3v) is 5.97. The van der Waals surface area contributed by atoms with E-state index in [9.17, 15) is 9.59 Å². The van der Waals surface area contributed by atoms with Gasteiger partial charge in [0.15, 0.2) is 0 Å². The molecule has 1 N–H and O–H groups in total. The first-order valence-electron chi connectivity index (χ1n) is 8.16. The molecule has 1 aliphatic heterocycles. The van der Waals surface area contributed by atoms with Crippen molar-refractivity contribution in [2.45, 2.75) is 58.5 Å². The summed E-state index contributed by atoms with van der Waals surface area (Å²) in [4.78, 5) is 27.5. The molecule has 2 amide bonds. The Balaban J connectivity index is 2.21. The van der Waals surface area contributed by atoms with Gasteiger partial charge in [0.2, 0.25) is 11.8 Å². The molecule has 2 aliphatic rings. The fraction of sp³-hybridized carbons (Fsp3) is 0.875. The third kappa shape index (κ3) is 3.08. The number of carbonyl (C=O) groups excluding carboxylic acids is 2. The van der Waals surface area contributed by atoms with Gasteiger partial charge in [0.25, 0.3) is 0 Å². The molecule has 1 saturated carbocycles. The van der Waals surface area contributed by atoms with Crippen LogP contribution in [0.2, 0.25) is 0 Å². The van der Waals surface area contributed by atoms with Crippen molar-refractivity contribution in [3.8, 4) is 0 Å². The summed E-state index contributed by atoms with van der Waals surface area (Å²) in [6.07, 6.45) is 3.01. The van der Waals surface area contributed by atoms with E-state index in [1.54, 1.807) is 0 Å². The van der Waals surface area contributed by atoms with Crippen molar-refractivity contribution >= 4 is 23.6 Å². The Morgan fingerprint density at radius 1 is 1.38 bits per heavy atom. The summed E-state index contributed by atoms with van der Waals surface area (Å²) in [6.45, 7) is 8.88. The van der Waals surface area contributed by atoms with Crippen LogP contribution in [0.15, 0.2) is 0 Å². The molecule has 3 atom stereocenters. The molecular formula is C16H28N2O2S. The van der Waals surface area contributed by atoms with Crippen LogP contribution in [0.1, 0.15) is 47.0 Å². The highest BCUT2D eigenvalue weighted by Crippen LogP contribution is 2.45. The number of nitrogens with zero attached hydrogens (tertiary/aromatic N) is 1. The molecule has 3 unspecified atom stereocenters. The number of carbonyl (C=O) groups is 2. The molecule has 120 valence electrons. The molecule has 2 rings (SSSR count). The van der Waals surface area contributed by atoms with Crippen molar-refractivity contribution in [3.05, 3.63) is 0 Å². The van der Waals surface area contributed by atoms with E-state index in [0.717, 1.165) is 30.8 Å². The van der Waals surface area contributed by atoms with Gasteiger partial charge in [-0.1, -0.05) is 27.2 Å². The third-order valence-electron chi connectivity index (χ3n) is 5.09. The lowest BCUT2D eigenvalue weighted by atomic mass is 9.85. The highest BCUT2D eigenvalue weighted by Gasteiger charge is 2.57. The fourth-order valence-corrected chi connectivity index (χ4v) is 3.78. The lowest BCUT2D eigenvalue weighted by Gasteiger charge is -2.48. The summed E-state index contributed by atoms with van der Waals surface area (Å²) in [5.74, 6) is 2.65. The lowest BCUT2D eigenvalue weighted by Crippen LogP contribution is -2.71. The van der Waals surface area contributed by atoms with Gasteiger partial charge in [-0.3, -0.25) is 9.59 Å². The average molecular weight is 312 g/mol. The molecule has 1 saturated heterocycles. The molecule has 21 heavy (non-hydrogen) atoms. The van der Waals surface area contributed by atoms with Gasteiger partial charge in [-0.15, -0.1) is 0 Å². The van der Waals surface area contributed by atoms with Crippen molar-refractivity contribution in [2.24, 2.45) is 11.8 Å². The SMILES string of the molecule is CCSCCN1C(=O)C(C(C)CC)NC(=O)C1(C)C1CC1. The van der Waals surface area contributed by atoms with Crippen LogP contribution in [0, 0.1) is 11.8 Å². The number of piperazine rings is 1. The van der Waals surface area contributed by atoms with Crippen LogP contribution >= 0.6 is 11.8 Å². The first kappa shape index (κ1) is 16.7. The molecule has 0 bridgehead atoms. The van der Waals surface area contributed by atoms with E-state index >= 15 is 0 Å². The number of amides is 2. The first-order valence-corrected chi connectivity index (χ1v) is 9.32. The van der Waals surface area contributed by atoms with Crippen LogP contribution in [-0.4, -0.2) is 46.3 Å². The maximum atomic E-state index is 12.9. The number of nitrogens with one attached hydrogen (secondary N) is 1. The normalized spacial score (nSPS) is 31.2.